The highest BCUT2D eigenvalue weighted by atomic mass is 16.7. The van der Waals surface area contributed by atoms with Crippen LogP contribution < -0.4 is 0 Å². The Morgan fingerprint density at radius 3 is 2.19 bits per heavy atom. The number of hydrogen-bond donors (Lipinski definition) is 0. The number of aliphatic imine (C=N–C) groups is 1. The predicted molar refractivity (Wildman–Crippen MR) is 145 cm³/mol. The van der Waals surface area contributed by atoms with Gasteiger partial charge in [0.05, 0.1) is 5.71 Å². The average molecular weight is 492 g/mol. The minimum absolute atomic E-state index is 0.155. The van der Waals surface area contributed by atoms with Gasteiger partial charge in [-0.05, 0) is 59.8 Å². The van der Waals surface area contributed by atoms with Crippen LogP contribution in [0.2, 0.25) is 0 Å². The van der Waals surface area contributed by atoms with E-state index in [1.165, 1.54) is 0 Å². The van der Waals surface area contributed by atoms with Crippen LogP contribution in [0.25, 0.3) is 0 Å². The van der Waals surface area contributed by atoms with E-state index in [4.69, 9.17) is 19.2 Å². The van der Waals surface area contributed by atoms with Crippen LogP contribution in [0.3, 0.4) is 0 Å². The van der Waals surface area contributed by atoms with Crippen LogP contribution >= 0.6 is 0 Å². The minimum atomic E-state index is -1.09. The summed E-state index contributed by atoms with van der Waals surface area (Å²) in [7, 11) is 0. The highest BCUT2D eigenvalue weighted by molar-refractivity contribution is 6.13. The summed E-state index contributed by atoms with van der Waals surface area (Å²) in [6.45, 7) is 8.90. The first kappa shape index (κ1) is 27.8. The first-order chi connectivity index (χ1) is 17.3. The maximum absolute atomic E-state index is 13.9. The molecule has 2 aromatic carbocycles. The van der Waals surface area contributed by atoms with Gasteiger partial charge >= 0.3 is 5.97 Å². The molecule has 0 aromatic heterocycles. The van der Waals surface area contributed by atoms with Gasteiger partial charge in [0.1, 0.15) is 5.60 Å². The van der Waals surface area contributed by atoms with E-state index >= 15 is 0 Å². The van der Waals surface area contributed by atoms with Crippen molar-refractivity contribution in [3.8, 4) is 0 Å². The fourth-order valence-corrected chi connectivity index (χ4v) is 4.24. The van der Waals surface area contributed by atoms with Gasteiger partial charge in [-0.15, -0.1) is 0 Å². The van der Waals surface area contributed by atoms with Gasteiger partial charge in [-0.2, -0.15) is 0 Å². The van der Waals surface area contributed by atoms with Gasteiger partial charge in [0.2, 0.25) is 0 Å². The molecule has 1 aliphatic rings. The maximum Gasteiger partial charge on any atom is 0.334 e. The van der Waals surface area contributed by atoms with Crippen molar-refractivity contribution < 1.29 is 19.0 Å². The fraction of sp³-hybridized carbons (Fsp3) is 0.484. The first-order valence-electron chi connectivity index (χ1n) is 13.1. The average Bonchev–Trinajstić information content (AvgIpc) is 2.88. The topological polar surface area (TPSA) is 57.1 Å². The molecular formula is C31H41NO4. The number of ether oxygens (including phenoxy) is 3. The zero-order valence-corrected chi connectivity index (χ0v) is 22.2. The molecule has 0 N–H and O–H groups in total. The lowest BCUT2D eigenvalue weighted by molar-refractivity contribution is -0.166. The lowest BCUT2D eigenvalue weighted by Crippen LogP contribution is -2.43. The van der Waals surface area contributed by atoms with Crippen molar-refractivity contribution in [2.75, 3.05) is 13.2 Å². The number of carbonyl (C=O) groups is 1. The molecule has 0 saturated carbocycles. The molecule has 0 radical (unpaired) electrons. The van der Waals surface area contributed by atoms with E-state index in [2.05, 4.69) is 0 Å². The number of hydrogen-bond acceptors (Lipinski definition) is 5. The first-order valence-corrected chi connectivity index (χ1v) is 13.1. The van der Waals surface area contributed by atoms with Crippen molar-refractivity contribution in [1.82, 2.24) is 0 Å². The Labute approximate surface area is 216 Å². The van der Waals surface area contributed by atoms with Crippen molar-refractivity contribution in [1.29, 1.82) is 0 Å². The van der Waals surface area contributed by atoms with Gasteiger partial charge in [-0.1, -0.05) is 72.8 Å². The molecule has 2 unspecified atom stereocenters. The number of benzene rings is 2. The highest BCUT2D eigenvalue weighted by Gasteiger charge is 2.41. The summed E-state index contributed by atoms with van der Waals surface area (Å²) in [6.07, 6.45) is 8.55. The fourth-order valence-electron chi connectivity index (χ4n) is 4.24. The second kappa shape index (κ2) is 13.5. The summed E-state index contributed by atoms with van der Waals surface area (Å²) in [5.41, 5.74) is 0.994. The van der Waals surface area contributed by atoms with E-state index in [0.29, 0.717) is 25.9 Å². The smallest absolute Gasteiger partial charge is 0.334 e. The molecule has 0 bridgehead atoms. The number of carbonyl (C=O) groups excluding carboxylic acids is 1. The van der Waals surface area contributed by atoms with Gasteiger partial charge in [-0.25, -0.2) is 4.79 Å². The number of allylic oxidation sites excluding steroid dienone is 1. The van der Waals surface area contributed by atoms with Crippen molar-refractivity contribution in [2.24, 2.45) is 4.99 Å². The summed E-state index contributed by atoms with van der Waals surface area (Å²) < 4.78 is 17.7. The van der Waals surface area contributed by atoms with Crippen LogP contribution in [-0.2, 0) is 19.0 Å². The normalized spacial score (nSPS) is 17.9. The third-order valence-corrected chi connectivity index (χ3v) is 6.07. The van der Waals surface area contributed by atoms with Gasteiger partial charge in [0.15, 0.2) is 11.8 Å². The van der Waals surface area contributed by atoms with Crippen LogP contribution in [0.1, 0.15) is 77.3 Å². The zero-order valence-electron chi connectivity index (χ0n) is 22.2. The second-order valence-corrected chi connectivity index (χ2v) is 10.3. The molecule has 5 heteroatoms. The molecule has 2 aromatic rings. The van der Waals surface area contributed by atoms with E-state index in [1.807, 2.05) is 101 Å². The van der Waals surface area contributed by atoms with E-state index in [1.54, 1.807) is 0 Å². The Balaban J connectivity index is 2.00. The number of esters is 1. The Hall–Kier alpha value is -2.76. The van der Waals surface area contributed by atoms with Crippen LogP contribution in [-0.4, -0.2) is 42.3 Å². The molecule has 1 heterocycles. The molecule has 36 heavy (non-hydrogen) atoms. The minimum Gasteiger partial charge on any atom is -0.458 e. The summed E-state index contributed by atoms with van der Waals surface area (Å²) in [4.78, 5) is 19.1. The van der Waals surface area contributed by atoms with Crippen LogP contribution in [0.4, 0.5) is 0 Å². The molecule has 2 atom stereocenters. The van der Waals surface area contributed by atoms with Crippen molar-refractivity contribution in [3.05, 3.63) is 83.9 Å². The third-order valence-electron chi connectivity index (χ3n) is 6.07. The molecule has 0 spiro atoms. The summed E-state index contributed by atoms with van der Waals surface area (Å²) in [5.74, 6) is -0.314. The van der Waals surface area contributed by atoms with Crippen LogP contribution in [0, 0.1) is 0 Å². The Bertz CT molecular complexity index is 947. The molecule has 5 nitrogen and oxygen atoms in total. The SMILES string of the molecule is CC=CCC(CCCOC1CCCCO1)(N=C(c1ccccc1)c1ccccc1)C(=O)OC(C)(C)C. The zero-order chi connectivity index (χ0) is 25.9. The van der Waals surface area contributed by atoms with Crippen molar-refractivity contribution in [2.45, 2.75) is 83.6 Å². The Kier molecular flexibility index (Phi) is 10.4. The Morgan fingerprint density at radius 1 is 1.03 bits per heavy atom. The van der Waals surface area contributed by atoms with Crippen molar-refractivity contribution >= 4 is 11.7 Å². The molecule has 1 saturated heterocycles. The van der Waals surface area contributed by atoms with Crippen LogP contribution in [0.15, 0.2) is 77.8 Å². The van der Waals surface area contributed by atoms with E-state index in [-0.39, 0.29) is 12.3 Å². The second-order valence-electron chi connectivity index (χ2n) is 10.3. The number of rotatable bonds is 11. The largest absolute Gasteiger partial charge is 0.458 e. The summed E-state index contributed by atoms with van der Waals surface area (Å²) >= 11 is 0. The van der Waals surface area contributed by atoms with E-state index < -0.39 is 11.1 Å². The Morgan fingerprint density at radius 2 is 1.67 bits per heavy atom. The highest BCUT2D eigenvalue weighted by Crippen LogP contribution is 2.30. The third kappa shape index (κ3) is 8.42. The molecule has 0 amide bonds. The molecule has 3 rings (SSSR count). The van der Waals surface area contributed by atoms with Crippen LogP contribution in [0.5, 0.6) is 0 Å². The monoisotopic (exact) mass is 491 g/mol. The molecule has 1 fully saturated rings. The molecule has 194 valence electrons. The molecule has 1 aliphatic heterocycles. The van der Waals surface area contributed by atoms with Gasteiger partial charge in [0, 0.05) is 30.8 Å². The quantitative estimate of drug-likeness (QED) is 0.149. The van der Waals surface area contributed by atoms with E-state index in [9.17, 15) is 4.79 Å². The lowest BCUT2D eigenvalue weighted by atomic mass is 9.88. The maximum atomic E-state index is 13.9. The van der Waals surface area contributed by atoms with Gasteiger partial charge < -0.3 is 14.2 Å². The molecule has 0 aliphatic carbocycles. The standard InChI is InChI=1S/C31H41NO4/c1-5-6-21-31(29(33)36-30(2,3)4,22-15-24-35-27-20-13-14-23-34-27)32-28(25-16-9-7-10-17-25)26-18-11-8-12-19-26/h5-12,16-19,27H,13-15,20-24H2,1-4H3. The predicted octanol–water partition coefficient (Wildman–Crippen LogP) is 6.89. The summed E-state index contributed by atoms with van der Waals surface area (Å²) in [6, 6.07) is 20.1. The van der Waals surface area contributed by atoms with E-state index in [0.717, 1.165) is 42.7 Å². The molecular weight excluding hydrogens is 450 g/mol. The number of nitrogens with zero attached hydrogens (tertiary/aromatic N) is 1. The van der Waals surface area contributed by atoms with Crippen molar-refractivity contribution in [3.63, 3.8) is 0 Å². The lowest BCUT2D eigenvalue weighted by Gasteiger charge is -2.32. The summed E-state index contributed by atoms with van der Waals surface area (Å²) in [5, 5.41) is 0. The van der Waals surface area contributed by atoms with Gasteiger partial charge in [0.25, 0.3) is 0 Å². The van der Waals surface area contributed by atoms with Gasteiger partial charge in [-0.3, -0.25) is 4.99 Å².